The van der Waals surface area contributed by atoms with Crippen molar-refractivity contribution < 1.29 is 53.8 Å². The topological polar surface area (TPSA) is 237 Å². The summed E-state index contributed by atoms with van der Waals surface area (Å²) in [4.78, 5) is 68.3. The van der Waals surface area contributed by atoms with Gasteiger partial charge in [0.15, 0.2) is 11.5 Å². The van der Waals surface area contributed by atoms with Gasteiger partial charge in [-0.25, -0.2) is 4.79 Å². The molecule has 2 aromatic heterocycles. The van der Waals surface area contributed by atoms with Crippen LogP contribution in [0.15, 0.2) is 12.1 Å². The van der Waals surface area contributed by atoms with Crippen molar-refractivity contribution in [3.05, 3.63) is 52.2 Å². The molecule has 46 heavy (non-hydrogen) atoms. The number of carboxylic acids is 1. The summed E-state index contributed by atoms with van der Waals surface area (Å²) in [6, 6.07) is 2.24. The number of carboxylic acid groups (broad SMARTS) is 1. The predicted octanol–water partition coefficient (Wildman–Crippen LogP) is 6.37. The number of nitro benzene ring substituents is 2. The summed E-state index contributed by atoms with van der Waals surface area (Å²) in [6.45, 7) is 6.61. The van der Waals surface area contributed by atoms with E-state index in [-0.39, 0.29) is 45.9 Å². The van der Waals surface area contributed by atoms with Gasteiger partial charge in [-0.15, -0.1) is 22.7 Å². The Morgan fingerprint density at radius 3 is 1.80 bits per heavy atom. The molecule has 0 saturated heterocycles. The lowest BCUT2D eigenvalue weighted by Crippen LogP contribution is -2.29. The Bertz CT molecular complexity index is 1950. The minimum atomic E-state index is -1.38. The van der Waals surface area contributed by atoms with E-state index in [1.165, 1.54) is 4.90 Å². The van der Waals surface area contributed by atoms with Gasteiger partial charge >= 0.3 is 29.3 Å². The first kappa shape index (κ1) is 35.7. The summed E-state index contributed by atoms with van der Waals surface area (Å²) in [7, 11) is 0. The van der Waals surface area contributed by atoms with Crippen LogP contribution in [0.25, 0.3) is 20.2 Å². The molecular formula is C26H21Cl2N3O13S2. The van der Waals surface area contributed by atoms with Crippen molar-refractivity contribution in [2.45, 2.75) is 27.7 Å². The number of amides is 1. The molecule has 2 heterocycles. The zero-order valence-electron chi connectivity index (χ0n) is 23.9. The minimum Gasteiger partial charge on any atom is -0.504 e. The van der Waals surface area contributed by atoms with Gasteiger partial charge in [0.2, 0.25) is 5.75 Å². The molecule has 0 saturated carbocycles. The highest BCUT2D eigenvalue weighted by Crippen LogP contribution is 2.50. The van der Waals surface area contributed by atoms with Gasteiger partial charge in [-0.1, -0.05) is 23.2 Å². The van der Waals surface area contributed by atoms with Crippen molar-refractivity contribution in [1.29, 1.82) is 0 Å². The Morgan fingerprint density at radius 2 is 1.33 bits per heavy atom. The van der Waals surface area contributed by atoms with Crippen LogP contribution in [0.4, 0.5) is 11.4 Å². The Hall–Kier alpha value is -4.78. The first-order valence-corrected chi connectivity index (χ1v) is 15.0. The van der Waals surface area contributed by atoms with Crippen LogP contribution in [0, 0.1) is 20.2 Å². The van der Waals surface area contributed by atoms with Crippen LogP contribution in [0.5, 0.6) is 23.0 Å². The number of fused-ring (bicyclic) bond motifs is 2. The molecule has 20 heteroatoms. The lowest BCUT2D eigenvalue weighted by molar-refractivity contribution is -0.384. The van der Waals surface area contributed by atoms with Gasteiger partial charge < -0.3 is 29.7 Å². The normalized spacial score (nSPS) is 10.7. The van der Waals surface area contributed by atoms with E-state index in [0.717, 1.165) is 37.3 Å². The van der Waals surface area contributed by atoms with Gasteiger partial charge in [0.05, 0.1) is 19.9 Å². The molecule has 0 aliphatic heterocycles. The summed E-state index contributed by atoms with van der Waals surface area (Å²) >= 11 is 13.5. The Morgan fingerprint density at radius 1 is 0.848 bits per heavy atom. The van der Waals surface area contributed by atoms with Gasteiger partial charge in [-0.05, 0) is 26.0 Å². The Labute approximate surface area is 275 Å². The number of hydrogen-bond acceptors (Lipinski definition) is 14. The van der Waals surface area contributed by atoms with Gasteiger partial charge in [0.25, 0.3) is 11.7 Å². The Balaban J connectivity index is 0.000000251. The van der Waals surface area contributed by atoms with Crippen molar-refractivity contribution in [3.63, 3.8) is 0 Å². The van der Waals surface area contributed by atoms with E-state index in [1.807, 2.05) is 13.8 Å². The number of nitro groups is 2. The van der Waals surface area contributed by atoms with E-state index in [9.17, 15) is 49.6 Å². The van der Waals surface area contributed by atoms with Gasteiger partial charge in [0, 0.05) is 37.7 Å². The number of aromatic carboxylic acids is 1. The number of esters is 2. The third kappa shape index (κ3) is 6.89. The largest absolute Gasteiger partial charge is 0.504 e. The molecule has 16 nitrogen and oxygen atoms in total. The molecule has 3 N–H and O–H groups in total. The van der Waals surface area contributed by atoms with Crippen molar-refractivity contribution in [3.8, 4) is 23.0 Å². The predicted molar refractivity (Wildman–Crippen MR) is 167 cm³/mol. The zero-order chi connectivity index (χ0) is 34.8. The third-order valence-corrected chi connectivity index (χ3v) is 9.38. The molecule has 0 bridgehead atoms. The smallest absolute Gasteiger partial charge is 0.347 e. The van der Waals surface area contributed by atoms with E-state index < -0.39 is 62.1 Å². The number of phenols is 2. The fourth-order valence-electron chi connectivity index (χ4n) is 4.05. The number of rotatable bonds is 8. The lowest BCUT2D eigenvalue weighted by atomic mass is 10.2. The number of halogens is 2. The maximum Gasteiger partial charge on any atom is 0.347 e. The monoisotopic (exact) mass is 717 g/mol. The number of benzene rings is 2. The van der Waals surface area contributed by atoms with E-state index in [4.69, 9.17) is 37.8 Å². The number of thiophene rings is 2. The molecule has 2 aromatic carbocycles. The number of carbonyl (C=O) groups excluding carboxylic acids is 3. The van der Waals surface area contributed by atoms with Crippen LogP contribution >= 0.6 is 45.9 Å². The highest BCUT2D eigenvalue weighted by Gasteiger charge is 2.33. The number of hydrogen-bond donors (Lipinski definition) is 3. The van der Waals surface area contributed by atoms with Gasteiger partial charge in [-0.2, -0.15) is 0 Å². The van der Waals surface area contributed by atoms with Crippen LogP contribution < -0.4 is 9.47 Å². The maximum atomic E-state index is 12.4. The SMILES string of the molecule is CC(=O)Oc1cc2c(Cl)c(C(=O)O)sc2c([N+](=O)[O-])c1OC(C)=O.CCN(CC)C(=O)c1sc2c([N+](=O)[O-])c(O)c(O)cc2c1Cl. The molecule has 4 rings (SSSR count). The Kier molecular flexibility index (Phi) is 10.9. The van der Waals surface area contributed by atoms with Gasteiger partial charge in [0.1, 0.15) is 19.2 Å². The van der Waals surface area contributed by atoms with Crippen LogP contribution in [-0.4, -0.2) is 67.0 Å². The van der Waals surface area contributed by atoms with E-state index in [0.29, 0.717) is 24.4 Å². The van der Waals surface area contributed by atoms with Crippen LogP contribution in [0.1, 0.15) is 47.0 Å². The van der Waals surface area contributed by atoms with Crippen LogP contribution in [0.3, 0.4) is 0 Å². The maximum absolute atomic E-state index is 12.4. The first-order chi connectivity index (χ1) is 21.5. The molecule has 244 valence electrons. The van der Waals surface area contributed by atoms with Crippen LogP contribution in [-0.2, 0) is 9.59 Å². The molecule has 0 atom stereocenters. The number of carbonyl (C=O) groups is 4. The van der Waals surface area contributed by atoms with E-state index in [1.54, 1.807) is 0 Å². The molecular weight excluding hydrogens is 697 g/mol. The molecule has 0 aliphatic rings. The van der Waals surface area contributed by atoms with Crippen LogP contribution in [0.2, 0.25) is 10.0 Å². The molecule has 4 aromatic rings. The second-order valence-electron chi connectivity index (χ2n) is 8.87. The number of ether oxygens (including phenoxy) is 2. The fourth-order valence-corrected chi connectivity index (χ4v) is 7.03. The van der Waals surface area contributed by atoms with Gasteiger partial charge in [-0.3, -0.25) is 34.6 Å². The first-order valence-electron chi connectivity index (χ1n) is 12.6. The zero-order valence-corrected chi connectivity index (χ0v) is 27.1. The number of phenolic OH excluding ortho intramolecular Hbond substituents is 2. The molecule has 0 fully saturated rings. The van der Waals surface area contributed by atoms with Crippen molar-refractivity contribution in [1.82, 2.24) is 4.90 Å². The minimum absolute atomic E-state index is 0.00193. The average Bonchev–Trinajstić information content (AvgIpc) is 3.45. The standard InChI is InChI=1S/C13H13ClN2O5S.C13H8ClNO8S/c1-3-15(4-2)13(19)12-8(14)6-5-7(17)10(18)9(16(20)21)11(6)22-12;1-4(16)22-7-3-6-8(14)12(13(18)19)24-11(6)9(15(20)21)10(7)23-5(2)17/h5,17-18H,3-4H2,1-2H3;3H,1-2H3,(H,18,19). The molecule has 0 spiro atoms. The van der Waals surface area contributed by atoms with Crippen molar-refractivity contribution in [2.75, 3.05) is 13.1 Å². The summed E-state index contributed by atoms with van der Waals surface area (Å²) in [6.07, 6.45) is 0. The quantitative estimate of drug-likeness (QED) is 0.0591. The molecule has 0 aliphatic carbocycles. The summed E-state index contributed by atoms with van der Waals surface area (Å²) in [5, 5.41) is 50.9. The number of nitrogens with zero attached hydrogens (tertiary/aromatic N) is 3. The number of aromatic hydroxyl groups is 2. The van der Waals surface area contributed by atoms with Crippen molar-refractivity contribution in [2.24, 2.45) is 0 Å². The van der Waals surface area contributed by atoms with E-state index >= 15 is 0 Å². The second kappa shape index (κ2) is 14.1. The average molecular weight is 719 g/mol. The molecule has 0 radical (unpaired) electrons. The molecule has 1 amide bonds. The lowest BCUT2D eigenvalue weighted by Gasteiger charge is -2.17. The highest BCUT2D eigenvalue weighted by atomic mass is 35.5. The summed E-state index contributed by atoms with van der Waals surface area (Å²) in [5.41, 5.74) is -1.36. The third-order valence-electron chi connectivity index (χ3n) is 5.97. The summed E-state index contributed by atoms with van der Waals surface area (Å²) < 4.78 is 9.60. The van der Waals surface area contributed by atoms with Crippen molar-refractivity contribution >= 4 is 101 Å². The van der Waals surface area contributed by atoms with E-state index in [2.05, 4.69) is 0 Å². The second-order valence-corrected chi connectivity index (χ2v) is 11.7. The summed E-state index contributed by atoms with van der Waals surface area (Å²) in [5.74, 6) is -5.91. The fraction of sp³-hybridized carbons (Fsp3) is 0.231. The molecule has 0 unspecified atom stereocenters. The highest BCUT2D eigenvalue weighted by molar-refractivity contribution is 7.22.